The Hall–Kier alpha value is 0.310. The molecule has 2 atom stereocenters. The van der Waals surface area contributed by atoms with Crippen LogP contribution in [-0.2, 0) is 0 Å². The van der Waals surface area contributed by atoms with Gasteiger partial charge in [-0.05, 0) is 37.9 Å². The molecule has 2 aliphatic carbocycles. The molecule has 0 heterocycles. The first-order chi connectivity index (χ1) is 8.38. The molecule has 2 rings (SSSR count). The van der Waals surface area contributed by atoms with Gasteiger partial charge in [-0.25, -0.2) is 0 Å². The van der Waals surface area contributed by atoms with Crippen LogP contribution in [0.3, 0.4) is 0 Å². The zero-order valence-electron chi connectivity index (χ0n) is 11.4. The Morgan fingerprint density at radius 1 is 0.882 bits per heavy atom. The summed E-state index contributed by atoms with van der Waals surface area (Å²) in [5.74, 6) is 1.29. The van der Waals surface area contributed by atoms with E-state index in [1.807, 2.05) is 0 Å². The van der Waals surface area contributed by atoms with Gasteiger partial charge in [-0.2, -0.15) is 11.8 Å². The van der Waals surface area contributed by atoms with Gasteiger partial charge in [0.05, 0.1) is 0 Å². The summed E-state index contributed by atoms with van der Waals surface area (Å²) in [6.45, 7) is 2.29. The average Bonchev–Trinajstić information content (AvgIpc) is 2.70. The molecule has 2 fully saturated rings. The van der Waals surface area contributed by atoms with Crippen molar-refractivity contribution < 1.29 is 0 Å². The standard InChI is InChI=1S/C15H29NS/c1-2-17-15-11-10-14(12-15)16-13-8-6-4-3-5-7-9-13/h13-16H,2-12H2,1H3. The molecule has 0 saturated heterocycles. The Morgan fingerprint density at radius 3 is 2.29 bits per heavy atom. The van der Waals surface area contributed by atoms with E-state index in [0.29, 0.717) is 0 Å². The van der Waals surface area contributed by atoms with Crippen LogP contribution in [0.1, 0.15) is 71.1 Å². The van der Waals surface area contributed by atoms with E-state index in [2.05, 4.69) is 24.0 Å². The van der Waals surface area contributed by atoms with Crippen molar-refractivity contribution in [1.29, 1.82) is 0 Å². The zero-order chi connectivity index (χ0) is 11.9. The molecule has 100 valence electrons. The fourth-order valence-electron chi connectivity index (χ4n) is 3.43. The minimum Gasteiger partial charge on any atom is -0.311 e. The summed E-state index contributed by atoms with van der Waals surface area (Å²) in [4.78, 5) is 0. The van der Waals surface area contributed by atoms with Crippen LogP contribution in [0.25, 0.3) is 0 Å². The number of thioether (sulfide) groups is 1. The van der Waals surface area contributed by atoms with Crippen molar-refractivity contribution in [2.45, 2.75) is 88.5 Å². The fourth-order valence-corrected chi connectivity index (χ4v) is 4.58. The smallest absolute Gasteiger partial charge is 0.00805 e. The van der Waals surface area contributed by atoms with Gasteiger partial charge in [0.25, 0.3) is 0 Å². The van der Waals surface area contributed by atoms with Crippen LogP contribution in [0.2, 0.25) is 0 Å². The molecular formula is C15H29NS. The van der Waals surface area contributed by atoms with Gasteiger partial charge in [-0.3, -0.25) is 0 Å². The van der Waals surface area contributed by atoms with E-state index >= 15 is 0 Å². The molecule has 2 aliphatic rings. The third-order valence-corrected chi connectivity index (χ3v) is 5.60. The summed E-state index contributed by atoms with van der Waals surface area (Å²) in [5, 5.41) is 4.91. The minimum atomic E-state index is 0.837. The van der Waals surface area contributed by atoms with Gasteiger partial charge in [-0.1, -0.05) is 39.0 Å². The van der Waals surface area contributed by atoms with Crippen molar-refractivity contribution >= 4 is 11.8 Å². The highest BCUT2D eigenvalue weighted by atomic mass is 32.2. The number of rotatable bonds is 4. The second-order valence-electron chi connectivity index (χ2n) is 5.80. The van der Waals surface area contributed by atoms with Gasteiger partial charge >= 0.3 is 0 Å². The topological polar surface area (TPSA) is 12.0 Å². The Labute approximate surface area is 112 Å². The molecule has 0 aliphatic heterocycles. The van der Waals surface area contributed by atoms with E-state index in [4.69, 9.17) is 0 Å². The minimum absolute atomic E-state index is 0.837. The summed E-state index contributed by atoms with van der Waals surface area (Å²) < 4.78 is 0. The normalized spacial score (nSPS) is 32.3. The van der Waals surface area contributed by atoms with E-state index in [1.165, 1.54) is 70.0 Å². The summed E-state index contributed by atoms with van der Waals surface area (Å²) in [5.41, 5.74) is 0. The predicted octanol–water partition coefficient (Wildman–Crippen LogP) is 4.36. The number of nitrogens with one attached hydrogen (secondary N) is 1. The third-order valence-electron chi connectivity index (χ3n) is 4.36. The highest BCUT2D eigenvalue weighted by molar-refractivity contribution is 7.99. The van der Waals surface area contributed by atoms with Gasteiger partial charge in [0, 0.05) is 17.3 Å². The fraction of sp³-hybridized carbons (Fsp3) is 1.00. The summed E-state index contributed by atoms with van der Waals surface area (Å²) >= 11 is 2.17. The van der Waals surface area contributed by atoms with Crippen molar-refractivity contribution in [1.82, 2.24) is 5.32 Å². The molecule has 0 radical (unpaired) electrons. The molecule has 0 aromatic carbocycles. The molecule has 0 aromatic rings. The van der Waals surface area contributed by atoms with Gasteiger partial charge in [0.1, 0.15) is 0 Å². The van der Waals surface area contributed by atoms with E-state index in [9.17, 15) is 0 Å². The largest absolute Gasteiger partial charge is 0.311 e. The second-order valence-corrected chi connectivity index (χ2v) is 7.37. The van der Waals surface area contributed by atoms with Crippen molar-refractivity contribution in [2.75, 3.05) is 5.75 Å². The van der Waals surface area contributed by atoms with Crippen LogP contribution in [0.4, 0.5) is 0 Å². The van der Waals surface area contributed by atoms with Gasteiger partial charge in [-0.15, -0.1) is 0 Å². The van der Waals surface area contributed by atoms with Crippen LogP contribution in [-0.4, -0.2) is 23.1 Å². The lowest BCUT2D eigenvalue weighted by atomic mass is 9.96. The maximum atomic E-state index is 3.96. The first kappa shape index (κ1) is 13.7. The molecule has 0 aromatic heterocycles. The lowest BCUT2D eigenvalue weighted by Gasteiger charge is -2.25. The maximum absolute atomic E-state index is 3.96. The molecular weight excluding hydrogens is 226 g/mol. The Bertz CT molecular complexity index is 199. The van der Waals surface area contributed by atoms with Crippen LogP contribution in [0.15, 0.2) is 0 Å². The quantitative estimate of drug-likeness (QED) is 0.801. The van der Waals surface area contributed by atoms with Crippen molar-refractivity contribution in [3.05, 3.63) is 0 Å². The highest BCUT2D eigenvalue weighted by Gasteiger charge is 2.26. The first-order valence-electron chi connectivity index (χ1n) is 7.76. The van der Waals surface area contributed by atoms with E-state index in [1.54, 1.807) is 0 Å². The monoisotopic (exact) mass is 255 g/mol. The van der Waals surface area contributed by atoms with Gasteiger partial charge < -0.3 is 5.32 Å². The van der Waals surface area contributed by atoms with Crippen molar-refractivity contribution in [3.63, 3.8) is 0 Å². The Morgan fingerprint density at radius 2 is 1.59 bits per heavy atom. The third kappa shape index (κ3) is 4.82. The number of hydrogen-bond donors (Lipinski definition) is 1. The van der Waals surface area contributed by atoms with Crippen LogP contribution < -0.4 is 5.32 Å². The first-order valence-corrected chi connectivity index (χ1v) is 8.81. The molecule has 1 N–H and O–H groups in total. The molecule has 17 heavy (non-hydrogen) atoms. The molecule has 0 spiro atoms. The van der Waals surface area contributed by atoms with Crippen molar-refractivity contribution in [3.8, 4) is 0 Å². The Balaban J connectivity index is 1.68. The predicted molar refractivity (Wildman–Crippen MR) is 78.8 cm³/mol. The summed E-state index contributed by atoms with van der Waals surface area (Å²) in [7, 11) is 0. The van der Waals surface area contributed by atoms with Crippen LogP contribution in [0, 0.1) is 0 Å². The summed E-state index contributed by atoms with van der Waals surface area (Å²) in [6, 6.07) is 1.68. The number of hydrogen-bond acceptors (Lipinski definition) is 2. The molecule has 2 unspecified atom stereocenters. The van der Waals surface area contributed by atoms with E-state index < -0.39 is 0 Å². The second kappa shape index (κ2) is 7.68. The van der Waals surface area contributed by atoms with Crippen molar-refractivity contribution in [2.24, 2.45) is 0 Å². The molecule has 2 saturated carbocycles. The SMILES string of the molecule is CCSC1CCC(NC2CCCCCCC2)C1. The molecule has 0 bridgehead atoms. The average molecular weight is 255 g/mol. The van der Waals surface area contributed by atoms with Crippen LogP contribution >= 0.6 is 11.8 Å². The van der Waals surface area contributed by atoms with E-state index in [0.717, 1.165) is 17.3 Å². The maximum Gasteiger partial charge on any atom is 0.00805 e. The zero-order valence-corrected chi connectivity index (χ0v) is 12.2. The highest BCUT2D eigenvalue weighted by Crippen LogP contribution is 2.30. The molecule has 1 nitrogen and oxygen atoms in total. The molecule has 0 amide bonds. The van der Waals surface area contributed by atoms with Gasteiger partial charge in [0.2, 0.25) is 0 Å². The lowest BCUT2D eigenvalue weighted by Crippen LogP contribution is -2.37. The van der Waals surface area contributed by atoms with Gasteiger partial charge in [0.15, 0.2) is 0 Å². The lowest BCUT2D eigenvalue weighted by molar-refractivity contribution is 0.352. The van der Waals surface area contributed by atoms with Crippen LogP contribution in [0.5, 0.6) is 0 Å². The molecule has 2 heteroatoms. The Kier molecular flexibility index (Phi) is 6.21. The summed E-state index contributed by atoms with van der Waals surface area (Å²) in [6.07, 6.45) is 14.5. The van der Waals surface area contributed by atoms with E-state index in [-0.39, 0.29) is 0 Å².